The van der Waals surface area contributed by atoms with Crippen LogP contribution in [-0.4, -0.2) is 55.0 Å². The zero-order valence-electron chi connectivity index (χ0n) is 13.4. The van der Waals surface area contributed by atoms with Crippen LogP contribution in [0.1, 0.15) is 30.5 Å². The van der Waals surface area contributed by atoms with Crippen molar-refractivity contribution >= 4 is 29.1 Å². The van der Waals surface area contributed by atoms with Gasteiger partial charge in [-0.25, -0.2) is 0 Å². The van der Waals surface area contributed by atoms with Gasteiger partial charge in [0.2, 0.25) is 5.91 Å². The number of benzene rings is 1. The molecule has 126 valence electrons. The second kappa shape index (κ2) is 7.39. The molecule has 0 radical (unpaired) electrons. The van der Waals surface area contributed by atoms with E-state index in [1.165, 1.54) is 5.56 Å². The van der Waals surface area contributed by atoms with Gasteiger partial charge in [-0.1, -0.05) is 23.2 Å². The fourth-order valence-electron chi connectivity index (χ4n) is 3.57. The first kappa shape index (κ1) is 17.0. The summed E-state index contributed by atoms with van der Waals surface area (Å²) in [5, 5.41) is 4.71. The first-order valence-corrected chi connectivity index (χ1v) is 9.02. The number of halogens is 2. The highest BCUT2D eigenvalue weighted by Crippen LogP contribution is 2.36. The smallest absolute Gasteiger partial charge is 0.223 e. The lowest BCUT2D eigenvalue weighted by atomic mass is 9.93. The molecule has 0 aliphatic carbocycles. The molecule has 0 saturated carbocycles. The van der Waals surface area contributed by atoms with Gasteiger partial charge in [-0.05, 0) is 36.6 Å². The third kappa shape index (κ3) is 3.82. The summed E-state index contributed by atoms with van der Waals surface area (Å²) < 4.78 is 0. The standard InChI is InChI=1S/C17H23Cl2N3O/c1-12-17-13(10-14(18)11-15(17)19)2-6-21(12)7-3-16(23)22-8-4-20-5-9-22/h10-12,20H,2-9H2,1H3. The normalized spacial score (nSPS) is 22.0. The van der Waals surface area contributed by atoms with Crippen molar-refractivity contribution in [3.63, 3.8) is 0 Å². The lowest BCUT2D eigenvalue weighted by Crippen LogP contribution is -2.47. The van der Waals surface area contributed by atoms with Gasteiger partial charge < -0.3 is 10.2 Å². The molecule has 4 nitrogen and oxygen atoms in total. The van der Waals surface area contributed by atoms with Crippen LogP contribution in [0.25, 0.3) is 0 Å². The number of fused-ring (bicyclic) bond motifs is 1. The lowest BCUT2D eigenvalue weighted by molar-refractivity contribution is -0.132. The zero-order valence-corrected chi connectivity index (χ0v) is 15.0. The molecule has 3 rings (SSSR count). The van der Waals surface area contributed by atoms with E-state index in [4.69, 9.17) is 23.2 Å². The second-order valence-electron chi connectivity index (χ2n) is 6.30. The van der Waals surface area contributed by atoms with Gasteiger partial charge in [0.05, 0.1) is 0 Å². The fourth-order valence-corrected chi connectivity index (χ4v) is 4.26. The minimum absolute atomic E-state index is 0.222. The number of nitrogens with one attached hydrogen (secondary N) is 1. The molecule has 23 heavy (non-hydrogen) atoms. The number of hydrogen-bond donors (Lipinski definition) is 1. The van der Waals surface area contributed by atoms with Gasteiger partial charge in [0.1, 0.15) is 0 Å². The molecule has 0 bridgehead atoms. The number of carbonyl (C=O) groups excluding carboxylic acids is 1. The van der Waals surface area contributed by atoms with Gasteiger partial charge in [-0.15, -0.1) is 0 Å². The van der Waals surface area contributed by atoms with Gasteiger partial charge in [0.15, 0.2) is 0 Å². The Bertz CT molecular complexity index is 587. The zero-order chi connectivity index (χ0) is 16.4. The molecule has 1 aromatic rings. The Kier molecular flexibility index (Phi) is 5.47. The van der Waals surface area contributed by atoms with Crippen LogP contribution in [0.3, 0.4) is 0 Å². The molecule has 0 spiro atoms. The van der Waals surface area contributed by atoms with Crippen LogP contribution in [0.5, 0.6) is 0 Å². The van der Waals surface area contributed by atoms with Crippen molar-refractivity contribution in [3.05, 3.63) is 33.3 Å². The Morgan fingerprint density at radius 1 is 1.26 bits per heavy atom. The van der Waals surface area contributed by atoms with Crippen molar-refractivity contribution < 1.29 is 4.79 Å². The molecule has 1 saturated heterocycles. The van der Waals surface area contributed by atoms with Gasteiger partial charge in [-0.2, -0.15) is 0 Å². The maximum absolute atomic E-state index is 12.3. The summed E-state index contributed by atoms with van der Waals surface area (Å²) in [4.78, 5) is 16.6. The molecule has 0 aromatic heterocycles. The van der Waals surface area contributed by atoms with Gasteiger partial charge in [-0.3, -0.25) is 9.69 Å². The highest BCUT2D eigenvalue weighted by atomic mass is 35.5. The largest absolute Gasteiger partial charge is 0.340 e. The fraction of sp³-hybridized carbons (Fsp3) is 0.588. The molecule has 2 aliphatic heterocycles. The summed E-state index contributed by atoms with van der Waals surface area (Å²) in [5.74, 6) is 0.256. The molecule has 1 N–H and O–H groups in total. The highest BCUT2D eigenvalue weighted by Gasteiger charge is 2.27. The van der Waals surface area contributed by atoms with Crippen LogP contribution in [0.2, 0.25) is 10.0 Å². The molecule has 1 aromatic carbocycles. The summed E-state index contributed by atoms with van der Waals surface area (Å²) >= 11 is 12.5. The number of hydrogen-bond acceptors (Lipinski definition) is 3. The van der Waals surface area contributed by atoms with Crippen molar-refractivity contribution in [2.75, 3.05) is 39.3 Å². The van der Waals surface area contributed by atoms with E-state index in [9.17, 15) is 4.79 Å². The van der Waals surface area contributed by atoms with E-state index in [2.05, 4.69) is 17.1 Å². The monoisotopic (exact) mass is 355 g/mol. The van der Waals surface area contributed by atoms with Crippen LogP contribution >= 0.6 is 23.2 Å². The van der Waals surface area contributed by atoms with E-state index in [0.717, 1.165) is 56.3 Å². The molecule has 1 atom stereocenters. The number of piperazine rings is 1. The lowest BCUT2D eigenvalue weighted by Gasteiger charge is -2.36. The Morgan fingerprint density at radius 2 is 2.00 bits per heavy atom. The van der Waals surface area contributed by atoms with E-state index in [-0.39, 0.29) is 11.9 Å². The average Bonchev–Trinajstić information content (AvgIpc) is 2.54. The Morgan fingerprint density at radius 3 is 2.74 bits per heavy atom. The maximum atomic E-state index is 12.3. The molecular formula is C17H23Cl2N3O. The van der Waals surface area contributed by atoms with E-state index in [1.807, 2.05) is 17.0 Å². The number of nitrogens with zero attached hydrogens (tertiary/aromatic N) is 2. The number of carbonyl (C=O) groups is 1. The van der Waals surface area contributed by atoms with Crippen molar-refractivity contribution in [1.82, 2.24) is 15.1 Å². The second-order valence-corrected chi connectivity index (χ2v) is 7.15. The quantitative estimate of drug-likeness (QED) is 0.905. The molecule has 1 unspecified atom stereocenters. The van der Waals surface area contributed by atoms with Crippen molar-refractivity contribution in [1.29, 1.82) is 0 Å². The topological polar surface area (TPSA) is 35.6 Å². The molecule has 1 fully saturated rings. The summed E-state index contributed by atoms with van der Waals surface area (Å²) in [6.07, 6.45) is 1.51. The highest BCUT2D eigenvalue weighted by molar-refractivity contribution is 6.35. The Labute approximate surface area is 147 Å². The van der Waals surface area contributed by atoms with E-state index >= 15 is 0 Å². The minimum atomic E-state index is 0.222. The third-order valence-corrected chi connectivity index (χ3v) is 5.43. The Balaban J connectivity index is 1.62. The van der Waals surface area contributed by atoms with Gasteiger partial charge in [0, 0.05) is 61.8 Å². The van der Waals surface area contributed by atoms with E-state index in [0.29, 0.717) is 11.4 Å². The molecule has 2 aliphatic rings. The average molecular weight is 356 g/mol. The van der Waals surface area contributed by atoms with Crippen molar-refractivity contribution in [2.24, 2.45) is 0 Å². The van der Waals surface area contributed by atoms with Crippen LogP contribution in [-0.2, 0) is 11.2 Å². The summed E-state index contributed by atoms with van der Waals surface area (Å²) in [6, 6.07) is 4.05. The molecule has 6 heteroatoms. The predicted octanol–water partition coefficient (Wildman–Crippen LogP) is 2.73. The molecule has 2 heterocycles. The molecular weight excluding hydrogens is 333 g/mol. The maximum Gasteiger partial charge on any atom is 0.223 e. The van der Waals surface area contributed by atoms with Crippen LogP contribution in [0.4, 0.5) is 0 Å². The van der Waals surface area contributed by atoms with Gasteiger partial charge >= 0.3 is 0 Å². The predicted molar refractivity (Wildman–Crippen MR) is 94.2 cm³/mol. The third-order valence-electron chi connectivity index (χ3n) is 4.90. The summed E-state index contributed by atoms with van der Waals surface area (Å²) in [7, 11) is 0. The van der Waals surface area contributed by atoms with Crippen LogP contribution < -0.4 is 5.32 Å². The van der Waals surface area contributed by atoms with Crippen molar-refractivity contribution in [2.45, 2.75) is 25.8 Å². The number of rotatable bonds is 3. The van der Waals surface area contributed by atoms with Crippen LogP contribution in [0.15, 0.2) is 12.1 Å². The minimum Gasteiger partial charge on any atom is -0.340 e. The van der Waals surface area contributed by atoms with Crippen molar-refractivity contribution in [3.8, 4) is 0 Å². The van der Waals surface area contributed by atoms with E-state index < -0.39 is 0 Å². The van der Waals surface area contributed by atoms with E-state index in [1.54, 1.807) is 0 Å². The number of amides is 1. The summed E-state index contributed by atoms with van der Waals surface area (Å²) in [5.41, 5.74) is 2.40. The first-order chi connectivity index (χ1) is 11.1. The SMILES string of the molecule is CC1c2c(Cl)cc(Cl)cc2CCN1CCC(=O)N1CCNCC1. The first-order valence-electron chi connectivity index (χ1n) is 8.26. The van der Waals surface area contributed by atoms with Gasteiger partial charge in [0.25, 0.3) is 0 Å². The van der Waals surface area contributed by atoms with Crippen LogP contribution in [0, 0.1) is 0 Å². The molecule has 1 amide bonds. The Hall–Kier alpha value is -0.810. The summed E-state index contributed by atoms with van der Waals surface area (Å²) in [6.45, 7) is 7.32.